The average Bonchev–Trinajstić information content (AvgIpc) is 2.59. The Morgan fingerprint density at radius 2 is 2.06 bits per heavy atom. The number of hydrogen-bond acceptors (Lipinski definition) is 3. The molecule has 1 aromatic carbocycles. The van der Waals surface area contributed by atoms with Gasteiger partial charge in [-0.1, -0.05) is 6.07 Å². The molecular weight excluding hydrogens is 219 g/mol. The minimum absolute atomic E-state index is 0.246. The maximum absolute atomic E-state index is 13.6. The molecule has 17 heavy (non-hydrogen) atoms. The zero-order valence-electron chi connectivity index (χ0n) is 10.2. The standard InChI is InChI=1S/C12H15FN4/c1-8-4-5-11(10(13)6-8)14-7-12-16-15-9(2)17(12)3/h4-6,14H,7H2,1-3H3. The third kappa shape index (κ3) is 2.43. The fourth-order valence-electron chi connectivity index (χ4n) is 1.54. The van der Waals surface area contributed by atoms with Crippen molar-refractivity contribution in [3.05, 3.63) is 41.2 Å². The first kappa shape index (κ1) is 11.6. The van der Waals surface area contributed by atoms with Crippen molar-refractivity contribution in [2.24, 2.45) is 7.05 Å². The largest absolute Gasteiger partial charge is 0.375 e. The van der Waals surface area contributed by atoms with Crippen LogP contribution in [0.3, 0.4) is 0 Å². The summed E-state index contributed by atoms with van der Waals surface area (Å²) in [6, 6.07) is 5.10. The Balaban J connectivity index is 2.10. The SMILES string of the molecule is Cc1ccc(NCc2nnc(C)n2C)c(F)c1. The number of nitrogens with zero attached hydrogens (tertiary/aromatic N) is 3. The van der Waals surface area contributed by atoms with E-state index in [0.29, 0.717) is 12.2 Å². The zero-order valence-corrected chi connectivity index (χ0v) is 10.2. The lowest BCUT2D eigenvalue weighted by atomic mass is 10.2. The van der Waals surface area contributed by atoms with Crippen molar-refractivity contribution in [1.82, 2.24) is 14.8 Å². The van der Waals surface area contributed by atoms with E-state index in [1.807, 2.05) is 31.5 Å². The number of halogens is 1. The van der Waals surface area contributed by atoms with E-state index in [1.54, 1.807) is 6.07 Å². The fraction of sp³-hybridized carbons (Fsp3) is 0.333. The van der Waals surface area contributed by atoms with E-state index in [4.69, 9.17) is 0 Å². The van der Waals surface area contributed by atoms with Crippen molar-refractivity contribution in [2.75, 3.05) is 5.32 Å². The number of anilines is 1. The molecule has 0 bridgehead atoms. The lowest BCUT2D eigenvalue weighted by molar-refractivity contribution is 0.628. The average molecular weight is 234 g/mol. The van der Waals surface area contributed by atoms with E-state index in [-0.39, 0.29) is 5.82 Å². The number of rotatable bonds is 3. The molecule has 0 unspecified atom stereocenters. The molecular formula is C12H15FN4. The number of nitrogens with one attached hydrogen (secondary N) is 1. The smallest absolute Gasteiger partial charge is 0.152 e. The molecule has 5 heteroatoms. The van der Waals surface area contributed by atoms with Gasteiger partial charge in [0.2, 0.25) is 0 Å². The monoisotopic (exact) mass is 234 g/mol. The summed E-state index contributed by atoms with van der Waals surface area (Å²) in [6.45, 7) is 4.19. The van der Waals surface area contributed by atoms with Gasteiger partial charge in [-0.2, -0.15) is 0 Å². The van der Waals surface area contributed by atoms with Crippen molar-refractivity contribution in [2.45, 2.75) is 20.4 Å². The van der Waals surface area contributed by atoms with Crippen molar-refractivity contribution in [3.8, 4) is 0 Å². The summed E-state index contributed by atoms with van der Waals surface area (Å²) >= 11 is 0. The molecule has 2 aromatic rings. The van der Waals surface area contributed by atoms with Crippen molar-refractivity contribution < 1.29 is 4.39 Å². The second kappa shape index (κ2) is 4.53. The summed E-state index contributed by atoms with van der Waals surface area (Å²) < 4.78 is 15.4. The first-order valence-electron chi connectivity index (χ1n) is 5.43. The summed E-state index contributed by atoms with van der Waals surface area (Å²) in [5, 5.41) is 11.0. The van der Waals surface area contributed by atoms with E-state index in [2.05, 4.69) is 15.5 Å². The number of benzene rings is 1. The number of aromatic nitrogens is 3. The minimum atomic E-state index is -0.246. The third-order valence-electron chi connectivity index (χ3n) is 2.74. The van der Waals surface area contributed by atoms with Gasteiger partial charge in [0.15, 0.2) is 5.82 Å². The molecule has 1 N–H and O–H groups in total. The Hall–Kier alpha value is -1.91. The predicted octanol–water partition coefficient (Wildman–Crippen LogP) is 2.18. The van der Waals surface area contributed by atoms with Gasteiger partial charge in [0.1, 0.15) is 11.6 Å². The maximum atomic E-state index is 13.6. The Labute approximate surface area is 99.5 Å². The van der Waals surface area contributed by atoms with Gasteiger partial charge >= 0.3 is 0 Å². The Bertz CT molecular complexity index is 533. The molecule has 2 rings (SSSR count). The van der Waals surface area contributed by atoms with Crippen molar-refractivity contribution in [1.29, 1.82) is 0 Å². The van der Waals surface area contributed by atoms with E-state index < -0.39 is 0 Å². The molecule has 0 aliphatic rings. The molecule has 0 radical (unpaired) electrons. The van der Waals surface area contributed by atoms with Crippen LogP contribution in [-0.2, 0) is 13.6 Å². The molecule has 4 nitrogen and oxygen atoms in total. The molecule has 0 fully saturated rings. The van der Waals surface area contributed by atoms with Gasteiger partial charge in [0.25, 0.3) is 0 Å². The normalized spacial score (nSPS) is 10.6. The Morgan fingerprint density at radius 3 is 2.65 bits per heavy atom. The molecule has 0 aliphatic heterocycles. The lowest BCUT2D eigenvalue weighted by Gasteiger charge is -2.07. The highest BCUT2D eigenvalue weighted by Crippen LogP contribution is 2.15. The van der Waals surface area contributed by atoms with E-state index >= 15 is 0 Å². The second-order valence-electron chi connectivity index (χ2n) is 4.06. The first-order chi connectivity index (χ1) is 8.08. The Morgan fingerprint density at radius 1 is 1.29 bits per heavy atom. The van der Waals surface area contributed by atoms with Crippen LogP contribution >= 0.6 is 0 Å². The maximum Gasteiger partial charge on any atom is 0.152 e. The molecule has 0 spiro atoms. The van der Waals surface area contributed by atoms with Crippen LogP contribution in [0.4, 0.5) is 10.1 Å². The van der Waals surface area contributed by atoms with Gasteiger partial charge in [0.05, 0.1) is 12.2 Å². The van der Waals surface area contributed by atoms with E-state index in [9.17, 15) is 4.39 Å². The zero-order chi connectivity index (χ0) is 12.4. The van der Waals surface area contributed by atoms with Crippen molar-refractivity contribution >= 4 is 5.69 Å². The first-order valence-corrected chi connectivity index (χ1v) is 5.43. The van der Waals surface area contributed by atoms with Gasteiger partial charge in [-0.3, -0.25) is 0 Å². The highest BCUT2D eigenvalue weighted by atomic mass is 19.1. The van der Waals surface area contributed by atoms with Gasteiger partial charge in [-0.15, -0.1) is 10.2 Å². The molecule has 90 valence electrons. The van der Waals surface area contributed by atoms with Gasteiger partial charge in [-0.25, -0.2) is 4.39 Å². The van der Waals surface area contributed by atoms with Crippen LogP contribution in [0.5, 0.6) is 0 Å². The minimum Gasteiger partial charge on any atom is -0.375 e. The molecule has 0 saturated carbocycles. The van der Waals surface area contributed by atoms with Crippen molar-refractivity contribution in [3.63, 3.8) is 0 Å². The summed E-state index contributed by atoms with van der Waals surface area (Å²) in [7, 11) is 1.89. The van der Waals surface area contributed by atoms with E-state index in [1.165, 1.54) is 6.07 Å². The van der Waals surface area contributed by atoms with Crippen LogP contribution in [0.25, 0.3) is 0 Å². The summed E-state index contributed by atoms with van der Waals surface area (Å²) in [4.78, 5) is 0. The van der Waals surface area contributed by atoms with Crippen LogP contribution in [-0.4, -0.2) is 14.8 Å². The molecule has 1 aromatic heterocycles. The van der Waals surface area contributed by atoms with Gasteiger partial charge in [-0.05, 0) is 31.5 Å². The quantitative estimate of drug-likeness (QED) is 0.885. The van der Waals surface area contributed by atoms with Crippen LogP contribution in [0.1, 0.15) is 17.2 Å². The second-order valence-corrected chi connectivity index (χ2v) is 4.06. The van der Waals surface area contributed by atoms with Crippen LogP contribution in [0, 0.1) is 19.7 Å². The van der Waals surface area contributed by atoms with E-state index in [0.717, 1.165) is 17.2 Å². The number of aryl methyl sites for hydroxylation is 2. The topological polar surface area (TPSA) is 42.7 Å². The molecule has 0 amide bonds. The van der Waals surface area contributed by atoms with Crippen LogP contribution < -0.4 is 5.32 Å². The summed E-state index contributed by atoms with van der Waals surface area (Å²) in [5.74, 6) is 1.37. The molecule has 1 heterocycles. The molecule has 0 atom stereocenters. The fourth-order valence-corrected chi connectivity index (χ4v) is 1.54. The van der Waals surface area contributed by atoms with Gasteiger partial charge < -0.3 is 9.88 Å². The Kier molecular flexibility index (Phi) is 3.08. The summed E-state index contributed by atoms with van der Waals surface area (Å²) in [6.07, 6.45) is 0. The molecule has 0 saturated heterocycles. The highest BCUT2D eigenvalue weighted by Gasteiger charge is 2.06. The van der Waals surface area contributed by atoms with Gasteiger partial charge in [0, 0.05) is 7.05 Å². The predicted molar refractivity (Wildman–Crippen MR) is 64.2 cm³/mol. The highest BCUT2D eigenvalue weighted by molar-refractivity contribution is 5.46. The summed E-state index contributed by atoms with van der Waals surface area (Å²) in [5.41, 5.74) is 1.39. The van der Waals surface area contributed by atoms with Crippen LogP contribution in [0.15, 0.2) is 18.2 Å². The lowest BCUT2D eigenvalue weighted by Crippen LogP contribution is -2.07. The number of hydrogen-bond donors (Lipinski definition) is 1. The molecule has 0 aliphatic carbocycles. The third-order valence-corrected chi connectivity index (χ3v) is 2.74. The van der Waals surface area contributed by atoms with Crippen LogP contribution in [0.2, 0.25) is 0 Å².